The van der Waals surface area contributed by atoms with E-state index >= 15 is 0 Å². The Labute approximate surface area is 124 Å². The molecule has 1 N–H and O–H groups in total. The van der Waals surface area contributed by atoms with Crippen LogP contribution in [0.3, 0.4) is 0 Å². The lowest BCUT2D eigenvalue weighted by Crippen LogP contribution is -2.10. The predicted molar refractivity (Wildman–Crippen MR) is 82.4 cm³/mol. The normalized spacial score (nSPS) is 10.7. The molecule has 20 heavy (non-hydrogen) atoms. The van der Waals surface area contributed by atoms with E-state index in [9.17, 15) is 0 Å². The van der Waals surface area contributed by atoms with Gasteiger partial charge < -0.3 is 10.1 Å². The van der Waals surface area contributed by atoms with Crippen molar-refractivity contribution in [3.05, 3.63) is 35.5 Å². The fourth-order valence-electron chi connectivity index (χ4n) is 1.70. The maximum Gasteiger partial charge on any atom is 0.224 e. The van der Waals surface area contributed by atoms with E-state index in [1.54, 1.807) is 13.2 Å². The van der Waals surface area contributed by atoms with Crippen LogP contribution in [0.4, 0.5) is 5.95 Å². The maximum absolute atomic E-state index is 6.06. The third-order valence-electron chi connectivity index (χ3n) is 2.75. The van der Waals surface area contributed by atoms with Crippen molar-refractivity contribution in [2.75, 3.05) is 19.0 Å². The van der Waals surface area contributed by atoms with Gasteiger partial charge in [0.2, 0.25) is 5.95 Å². The summed E-state index contributed by atoms with van der Waals surface area (Å²) in [6.07, 6.45) is 0. The second-order valence-electron chi connectivity index (χ2n) is 4.90. The van der Waals surface area contributed by atoms with Crippen molar-refractivity contribution < 1.29 is 4.74 Å². The van der Waals surface area contributed by atoms with Gasteiger partial charge in [0, 0.05) is 18.2 Å². The number of hydrogen-bond acceptors (Lipinski definition) is 4. The van der Waals surface area contributed by atoms with Crippen LogP contribution >= 0.6 is 11.6 Å². The predicted octanol–water partition coefficient (Wildman–Crippen LogP) is 3.87. The molecule has 0 saturated heterocycles. The molecule has 0 spiro atoms. The van der Waals surface area contributed by atoms with Crippen molar-refractivity contribution in [3.63, 3.8) is 0 Å². The molecule has 0 amide bonds. The largest absolute Gasteiger partial charge is 0.497 e. The molecule has 1 heterocycles. The molecule has 0 fully saturated rings. The Morgan fingerprint density at radius 1 is 1.20 bits per heavy atom. The third-order valence-corrected chi connectivity index (χ3v) is 2.94. The molecule has 1 aromatic carbocycles. The first kappa shape index (κ1) is 14.6. The number of benzene rings is 1. The minimum atomic E-state index is 0.428. The van der Waals surface area contributed by atoms with Crippen LogP contribution in [-0.2, 0) is 0 Å². The number of halogens is 1. The Balaban J connectivity index is 2.26. The van der Waals surface area contributed by atoms with Gasteiger partial charge in [-0.25, -0.2) is 9.97 Å². The highest BCUT2D eigenvalue weighted by atomic mass is 35.5. The second-order valence-corrected chi connectivity index (χ2v) is 5.29. The van der Waals surface area contributed by atoms with Crippen LogP contribution in [-0.4, -0.2) is 23.6 Å². The molecule has 0 bridgehead atoms. The number of nitrogens with one attached hydrogen (secondary N) is 1. The fourth-order valence-corrected chi connectivity index (χ4v) is 1.89. The number of anilines is 1. The SMILES string of the molecule is COc1ccc(-c2cc(Cl)nc(NCC(C)C)n2)cc1. The molecular formula is C15H18ClN3O. The van der Waals surface area contributed by atoms with Crippen molar-refractivity contribution in [2.45, 2.75) is 13.8 Å². The molecule has 2 aromatic rings. The number of ether oxygens (including phenoxy) is 1. The van der Waals surface area contributed by atoms with E-state index in [1.165, 1.54) is 0 Å². The second kappa shape index (κ2) is 6.57. The smallest absolute Gasteiger partial charge is 0.224 e. The van der Waals surface area contributed by atoms with Gasteiger partial charge in [-0.15, -0.1) is 0 Å². The van der Waals surface area contributed by atoms with E-state index in [-0.39, 0.29) is 0 Å². The lowest BCUT2D eigenvalue weighted by Gasteiger charge is -2.09. The van der Waals surface area contributed by atoms with Crippen molar-refractivity contribution in [1.82, 2.24) is 9.97 Å². The van der Waals surface area contributed by atoms with Gasteiger partial charge in [-0.05, 0) is 30.2 Å². The number of hydrogen-bond donors (Lipinski definition) is 1. The summed E-state index contributed by atoms with van der Waals surface area (Å²) < 4.78 is 5.15. The zero-order chi connectivity index (χ0) is 14.5. The zero-order valence-corrected chi connectivity index (χ0v) is 12.6. The Morgan fingerprint density at radius 2 is 1.90 bits per heavy atom. The summed E-state index contributed by atoms with van der Waals surface area (Å²) in [6.45, 7) is 5.06. The van der Waals surface area contributed by atoms with E-state index in [0.717, 1.165) is 23.6 Å². The van der Waals surface area contributed by atoms with Crippen LogP contribution < -0.4 is 10.1 Å². The van der Waals surface area contributed by atoms with Gasteiger partial charge in [-0.1, -0.05) is 25.4 Å². The minimum absolute atomic E-state index is 0.428. The average Bonchev–Trinajstić information content (AvgIpc) is 2.44. The molecule has 0 unspecified atom stereocenters. The lowest BCUT2D eigenvalue weighted by molar-refractivity contribution is 0.415. The van der Waals surface area contributed by atoms with E-state index < -0.39 is 0 Å². The molecule has 1 aromatic heterocycles. The summed E-state index contributed by atoms with van der Waals surface area (Å²) in [4.78, 5) is 8.67. The van der Waals surface area contributed by atoms with E-state index in [4.69, 9.17) is 16.3 Å². The lowest BCUT2D eigenvalue weighted by atomic mass is 10.1. The Kier molecular flexibility index (Phi) is 4.79. The van der Waals surface area contributed by atoms with E-state index in [1.807, 2.05) is 24.3 Å². The molecule has 0 aliphatic rings. The highest BCUT2D eigenvalue weighted by Crippen LogP contribution is 2.23. The summed E-state index contributed by atoms with van der Waals surface area (Å²) in [6, 6.07) is 9.44. The van der Waals surface area contributed by atoms with E-state index in [2.05, 4.69) is 29.1 Å². The van der Waals surface area contributed by atoms with Gasteiger partial charge in [-0.2, -0.15) is 0 Å². The number of rotatable bonds is 5. The Bertz CT molecular complexity index is 570. The first-order chi connectivity index (χ1) is 9.58. The van der Waals surface area contributed by atoms with Crippen LogP contribution in [0.2, 0.25) is 5.15 Å². The first-order valence-electron chi connectivity index (χ1n) is 6.51. The summed E-state index contributed by atoms with van der Waals surface area (Å²) in [5.74, 6) is 1.88. The molecule has 106 valence electrons. The van der Waals surface area contributed by atoms with Crippen LogP contribution in [0.1, 0.15) is 13.8 Å². The monoisotopic (exact) mass is 291 g/mol. The molecular weight excluding hydrogens is 274 g/mol. The van der Waals surface area contributed by atoms with Crippen molar-refractivity contribution in [2.24, 2.45) is 5.92 Å². The van der Waals surface area contributed by atoms with Gasteiger partial charge in [0.15, 0.2) is 0 Å². The van der Waals surface area contributed by atoms with Gasteiger partial charge in [0.05, 0.1) is 12.8 Å². The molecule has 2 rings (SSSR count). The van der Waals surface area contributed by atoms with Crippen LogP contribution in [0.5, 0.6) is 5.75 Å². The quantitative estimate of drug-likeness (QED) is 0.850. The first-order valence-corrected chi connectivity index (χ1v) is 6.89. The topological polar surface area (TPSA) is 47.0 Å². The summed E-state index contributed by atoms with van der Waals surface area (Å²) in [7, 11) is 1.64. The van der Waals surface area contributed by atoms with Gasteiger partial charge in [-0.3, -0.25) is 0 Å². The summed E-state index contributed by atoms with van der Waals surface area (Å²) >= 11 is 6.06. The maximum atomic E-state index is 6.06. The minimum Gasteiger partial charge on any atom is -0.497 e. The van der Waals surface area contributed by atoms with Gasteiger partial charge >= 0.3 is 0 Å². The molecule has 0 atom stereocenters. The molecule has 0 aliphatic carbocycles. The van der Waals surface area contributed by atoms with Crippen LogP contribution in [0.25, 0.3) is 11.3 Å². The molecule has 0 saturated carbocycles. The summed E-state index contributed by atoms with van der Waals surface area (Å²) in [5, 5.41) is 3.61. The molecule has 4 nitrogen and oxygen atoms in total. The van der Waals surface area contributed by atoms with Crippen LogP contribution in [0, 0.1) is 5.92 Å². The Morgan fingerprint density at radius 3 is 2.50 bits per heavy atom. The zero-order valence-electron chi connectivity index (χ0n) is 11.9. The molecule has 0 aliphatic heterocycles. The number of methoxy groups -OCH3 is 1. The van der Waals surface area contributed by atoms with Crippen molar-refractivity contribution >= 4 is 17.5 Å². The van der Waals surface area contributed by atoms with Crippen molar-refractivity contribution in [1.29, 1.82) is 0 Å². The third kappa shape index (κ3) is 3.84. The highest BCUT2D eigenvalue weighted by Gasteiger charge is 2.06. The standard InChI is InChI=1S/C15H18ClN3O/c1-10(2)9-17-15-18-13(8-14(16)19-15)11-4-6-12(20-3)7-5-11/h4-8,10H,9H2,1-3H3,(H,17,18,19). The number of aromatic nitrogens is 2. The molecule has 5 heteroatoms. The number of nitrogens with zero attached hydrogens (tertiary/aromatic N) is 2. The fraction of sp³-hybridized carbons (Fsp3) is 0.333. The highest BCUT2D eigenvalue weighted by molar-refractivity contribution is 6.29. The van der Waals surface area contributed by atoms with Crippen LogP contribution in [0.15, 0.2) is 30.3 Å². The van der Waals surface area contributed by atoms with E-state index in [0.29, 0.717) is 17.0 Å². The van der Waals surface area contributed by atoms with Gasteiger partial charge in [0.25, 0.3) is 0 Å². The average molecular weight is 292 g/mol. The van der Waals surface area contributed by atoms with Crippen molar-refractivity contribution in [3.8, 4) is 17.0 Å². The Hall–Kier alpha value is -1.81. The summed E-state index contributed by atoms with van der Waals surface area (Å²) in [5.41, 5.74) is 1.77. The molecule has 0 radical (unpaired) electrons. The van der Waals surface area contributed by atoms with Gasteiger partial charge in [0.1, 0.15) is 10.9 Å².